The zero-order chi connectivity index (χ0) is 20.9. The second-order valence-electron chi connectivity index (χ2n) is 8.71. The van der Waals surface area contributed by atoms with Crippen LogP contribution in [0.1, 0.15) is 48.2 Å². The number of aromatic nitrogens is 2. The van der Waals surface area contributed by atoms with Crippen LogP contribution < -0.4 is 0 Å². The van der Waals surface area contributed by atoms with Crippen LogP contribution in [0.3, 0.4) is 0 Å². The molecule has 1 aliphatic carbocycles. The van der Waals surface area contributed by atoms with Crippen molar-refractivity contribution in [2.24, 2.45) is 11.4 Å². The number of rotatable bonds is 3. The van der Waals surface area contributed by atoms with Crippen molar-refractivity contribution in [2.75, 3.05) is 20.1 Å². The Morgan fingerprint density at radius 3 is 2.67 bits per heavy atom. The van der Waals surface area contributed by atoms with Crippen LogP contribution in [0.5, 0.6) is 0 Å². The van der Waals surface area contributed by atoms with E-state index in [-0.39, 0.29) is 0 Å². The van der Waals surface area contributed by atoms with E-state index in [2.05, 4.69) is 25.9 Å². The van der Waals surface area contributed by atoms with Gasteiger partial charge in [0, 0.05) is 45.3 Å². The van der Waals surface area contributed by atoms with Gasteiger partial charge in [-0.2, -0.15) is 13.5 Å². The first kappa shape index (κ1) is 19.8. The minimum absolute atomic E-state index is 0.293. The molecule has 0 spiro atoms. The van der Waals surface area contributed by atoms with Crippen LogP contribution in [0, 0.1) is 0 Å². The van der Waals surface area contributed by atoms with Crippen LogP contribution in [0.2, 0.25) is 0 Å². The van der Waals surface area contributed by atoms with Gasteiger partial charge in [0.1, 0.15) is 4.90 Å². The van der Waals surface area contributed by atoms with Crippen LogP contribution >= 0.6 is 0 Å². The summed E-state index contributed by atoms with van der Waals surface area (Å²) >= 11 is 0. The molecule has 1 aromatic heterocycles. The average Bonchev–Trinajstić information content (AvgIpc) is 3.22. The number of sulfonamides is 1. The van der Waals surface area contributed by atoms with Gasteiger partial charge in [0.25, 0.3) is 10.0 Å². The van der Waals surface area contributed by atoms with Gasteiger partial charge >= 0.3 is 0 Å². The molecule has 0 atom stereocenters. The Hall–Kier alpha value is -2.19. The number of hydrogen-bond donors (Lipinski definition) is 0. The third-order valence-corrected chi connectivity index (χ3v) is 8.20. The lowest BCUT2D eigenvalue weighted by Gasteiger charge is -2.37. The Balaban J connectivity index is 1.27. The van der Waals surface area contributed by atoms with Gasteiger partial charge in [0.05, 0.1) is 11.4 Å². The highest BCUT2D eigenvalue weighted by atomic mass is 32.2. The summed E-state index contributed by atoms with van der Waals surface area (Å²) in [5, 5.41) is 4.76. The van der Waals surface area contributed by atoms with Crippen LogP contribution in [0.25, 0.3) is 0 Å². The maximum atomic E-state index is 12.4. The average molecular weight is 428 g/mol. The van der Waals surface area contributed by atoms with Crippen molar-refractivity contribution in [3.63, 3.8) is 0 Å². The smallest absolute Gasteiger partial charge is 0.285 e. The minimum atomic E-state index is -3.57. The lowest BCUT2D eigenvalue weighted by Crippen LogP contribution is -2.45. The molecule has 3 aliphatic rings. The summed E-state index contributed by atoms with van der Waals surface area (Å²) in [5.41, 5.74) is 4.87. The monoisotopic (exact) mass is 427 g/mol. The maximum absolute atomic E-state index is 12.4. The number of amidine groups is 1. The summed E-state index contributed by atoms with van der Waals surface area (Å²) in [6.45, 7) is 2.95. The van der Waals surface area contributed by atoms with Crippen LogP contribution in [-0.2, 0) is 36.5 Å². The van der Waals surface area contributed by atoms with E-state index in [1.807, 2.05) is 19.2 Å². The molecule has 160 valence electrons. The van der Waals surface area contributed by atoms with Crippen LogP contribution in [0.4, 0.5) is 0 Å². The molecular formula is C22H29N5O2S. The quantitative estimate of drug-likeness (QED) is 0.752. The molecule has 2 aliphatic heterocycles. The summed E-state index contributed by atoms with van der Waals surface area (Å²) in [6.07, 6.45) is 6.79. The van der Waals surface area contributed by atoms with Gasteiger partial charge < -0.3 is 4.90 Å². The lowest BCUT2D eigenvalue weighted by atomic mass is 9.95. The second-order valence-corrected chi connectivity index (χ2v) is 10.3. The fourth-order valence-corrected chi connectivity index (χ4v) is 6.38. The predicted molar refractivity (Wildman–Crippen MR) is 116 cm³/mol. The van der Waals surface area contributed by atoms with E-state index in [1.54, 1.807) is 12.1 Å². The van der Waals surface area contributed by atoms with Crippen LogP contribution in [0.15, 0.2) is 33.6 Å². The summed E-state index contributed by atoms with van der Waals surface area (Å²) < 4.78 is 31.0. The molecule has 0 amide bonds. The standard InChI is InChI=1S/C22H29N5O2S/c1-25(22-18-8-4-6-10-21(18)30(28,29)24-22)16-11-13-27(14-12-16)15-20-17-7-3-5-9-19(17)23-26(20)2/h4,6,8,10,16H,3,5,7,9,11-15H2,1-2H3. The fourth-order valence-electron chi connectivity index (χ4n) is 5.14. The van der Waals surface area contributed by atoms with Crippen molar-refractivity contribution in [3.05, 3.63) is 46.8 Å². The van der Waals surface area contributed by atoms with Crippen molar-refractivity contribution in [3.8, 4) is 0 Å². The molecular weight excluding hydrogens is 398 g/mol. The molecule has 3 heterocycles. The topological polar surface area (TPSA) is 70.8 Å². The highest BCUT2D eigenvalue weighted by molar-refractivity contribution is 7.90. The highest BCUT2D eigenvalue weighted by Crippen LogP contribution is 2.30. The van der Waals surface area contributed by atoms with E-state index in [1.165, 1.54) is 29.8 Å². The first-order chi connectivity index (χ1) is 14.4. The Bertz CT molecular complexity index is 1100. The SMILES string of the molecule is CN(C1=NS(=O)(=O)c2ccccc21)C1CCN(Cc2c3c(nn2C)CCCC3)CC1. The molecule has 8 heteroatoms. The lowest BCUT2D eigenvalue weighted by molar-refractivity contribution is 0.156. The second kappa shape index (κ2) is 7.50. The van der Waals surface area contributed by atoms with Gasteiger partial charge in [-0.3, -0.25) is 9.58 Å². The third kappa shape index (κ3) is 3.36. The van der Waals surface area contributed by atoms with Crippen molar-refractivity contribution < 1.29 is 8.42 Å². The van der Waals surface area contributed by atoms with Gasteiger partial charge in [0.2, 0.25) is 0 Å². The predicted octanol–water partition coefficient (Wildman–Crippen LogP) is 2.34. The van der Waals surface area contributed by atoms with Gasteiger partial charge in [-0.15, -0.1) is 4.40 Å². The van der Waals surface area contributed by atoms with Crippen molar-refractivity contribution in [1.29, 1.82) is 0 Å². The molecule has 7 nitrogen and oxygen atoms in total. The van der Waals surface area contributed by atoms with Gasteiger partial charge in [0.15, 0.2) is 5.84 Å². The first-order valence-corrected chi connectivity index (χ1v) is 12.3. The minimum Gasteiger partial charge on any atom is -0.355 e. The third-order valence-electron chi connectivity index (χ3n) is 6.87. The molecule has 0 unspecified atom stereocenters. The van der Waals surface area contributed by atoms with E-state index >= 15 is 0 Å². The van der Waals surface area contributed by atoms with Crippen molar-refractivity contribution >= 4 is 15.9 Å². The number of likely N-dealkylation sites (tertiary alicyclic amines) is 1. The molecule has 0 radical (unpaired) electrons. The number of nitrogens with zero attached hydrogens (tertiary/aromatic N) is 5. The largest absolute Gasteiger partial charge is 0.355 e. The molecule has 5 rings (SSSR count). The summed E-state index contributed by atoms with van der Waals surface area (Å²) in [6, 6.07) is 7.43. The normalized spacial score (nSPS) is 21.2. The van der Waals surface area contributed by atoms with Crippen LogP contribution in [-0.4, -0.2) is 60.0 Å². The maximum Gasteiger partial charge on any atom is 0.285 e. The number of fused-ring (bicyclic) bond motifs is 2. The number of hydrogen-bond acceptors (Lipinski definition) is 5. The van der Waals surface area contributed by atoms with E-state index in [0.717, 1.165) is 50.9 Å². The molecule has 1 saturated heterocycles. The van der Waals surface area contributed by atoms with E-state index in [4.69, 9.17) is 5.10 Å². The van der Waals surface area contributed by atoms with E-state index in [9.17, 15) is 8.42 Å². The number of aryl methyl sites for hydroxylation is 2. The molecule has 0 saturated carbocycles. The molecule has 1 aromatic carbocycles. The molecule has 0 N–H and O–H groups in total. The Morgan fingerprint density at radius 1 is 1.13 bits per heavy atom. The summed E-state index contributed by atoms with van der Waals surface area (Å²) in [5.74, 6) is 0.588. The van der Waals surface area contributed by atoms with Gasteiger partial charge in [-0.05, 0) is 56.2 Å². The number of benzene rings is 1. The van der Waals surface area contributed by atoms with Gasteiger partial charge in [-0.25, -0.2) is 0 Å². The van der Waals surface area contributed by atoms with E-state index in [0.29, 0.717) is 16.8 Å². The van der Waals surface area contributed by atoms with Crippen molar-refractivity contribution in [1.82, 2.24) is 19.6 Å². The highest BCUT2D eigenvalue weighted by Gasteiger charge is 2.34. The Labute approximate surface area is 178 Å². The molecule has 1 fully saturated rings. The Kier molecular flexibility index (Phi) is 4.94. The van der Waals surface area contributed by atoms with Crippen molar-refractivity contribution in [2.45, 2.75) is 56.0 Å². The zero-order valence-electron chi connectivity index (χ0n) is 17.7. The summed E-state index contributed by atoms with van der Waals surface area (Å²) in [4.78, 5) is 4.91. The van der Waals surface area contributed by atoms with Gasteiger partial charge in [-0.1, -0.05) is 12.1 Å². The Morgan fingerprint density at radius 2 is 1.87 bits per heavy atom. The molecule has 2 aromatic rings. The molecule has 0 bridgehead atoms. The molecule has 30 heavy (non-hydrogen) atoms. The fraction of sp³-hybridized carbons (Fsp3) is 0.545. The zero-order valence-corrected chi connectivity index (χ0v) is 18.5. The summed E-state index contributed by atoms with van der Waals surface area (Å²) in [7, 11) is 0.483. The number of piperidine rings is 1. The van der Waals surface area contributed by atoms with E-state index < -0.39 is 10.0 Å². The first-order valence-electron chi connectivity index (χ1n) is 10.9.